The predicted molar refractivity (Wildman–Crippen MR) is 28.3 cm³/mol. The fourth-order valence-corrected chi connectivity index (χ4v) is 0.167. The molecule has 0 unspecified atom stereocenters. The van der Waals surface area contributed by atoms with Crippen molar-refractivity contribution < 1.29 is 0 Å². The van der Waals surface area contributed by atoms with Gasteiger partial charge < -0.3 is 0 Å². The minimum absolute atomic E-state index is 1.18. The van der Waals surface area contributed by atoms with Crippen molar-refractivity contribution in [3.05, 3.63) is 11.6 Å². The van der Waals surface area contributed by atoms with Crippen LogP contribution < -0.4 is 0 Å². The van der Waals surface area contributed by atoms with Crippen molar-refractivity contribution in [3.63, 3.8) is 0 Å². The van der Waals surface area contributed by atoms with Crippen molar-refractivity contribution >= 4 is 0 Å². The topological polar surface area (TPSA) is 0 Å². The Kier molecular flexibility index (Phi) is 2.24. The smallest absolute Gasteiger partial charge is 0.0135 e. The largest absolute Gasteiger partial charge is 0.115 e. The van der Waals surface area contributed by atoms with E-state index in [9.17, 15) is 0 Å². The molecule has 0 aliphatic heterocycles. The number of allylic oxidation sites excluding steroid dienone is 2. The van der Waals surface area contributed by atoms with E-state index < -0.39 is 0 Å². The fraction of sp³-hybridized carbons (Fsp3) is 0.333. The molecule has 0 amide bonds. The Bertz CT molecular complexity index is 87.1. The van der Waals surface area contributed by atoms with Gasteiger partial charge in [0.1, 0.15) is 0 Å². The van der Waals surface area contributed by atoms with E-state index >= 15 is 0 Å². The summed E-state index contributed by atoms with van der Waals surface area (Å²) in [6.45, 7) is 3.94. The third kappa shape index (κ3) is 3.30. The van der Waals surface area contributed by atoms with Crippen molar-refractivity contribution in [3.8, 4) is 12.3 Å². The van der Waals surface area contributed by atoms with Gasteiger partial charge in [0, 0.05) is 0 Å². The molecule has 0 aliphatic carbocycles. The summed E-state index contributed by atoms with van der Waals surface area (Å²) < 4.78 is 0. The molecule has 0 spiro atoms. The molecule has 0 rings (SSSR count). The summed E-state index contributed by atoms with van der Waals surface area (Å²) in [7, 11) is 0. The van der Waals surface area contributed by atoms with E-state index in [1.807, 2.05) is 13.8 Å². The molecule has 0 radical (unpaired) electrons. The van der Waals surface area contributed by atoms with Gasteiger partial charge >= 0.3 is 0 Å². The zero-order valence-corrected chi connectivity index (χ0v) is 4.15. The highest BCUT2D eigenvalue weighted by Gasteiger charge is 1.63. The Morgan fingerprint density at radius 1 is 1.67 bits per heavy atom. The minimum atomic E-state index is 1.18. The van der Waals surface area contributed by atoms with Gasteiger partial charge in [-0.2, -0.15) is 0 Å². The van der Waals surface area contributed by atoms with Gasteiger partial charge in [0.25, 0.3) is 0 Å². The second-order valence-corrected chi connectivity index (χ2v) is 1.39. The molecule has 0 saturated carbocycles. The first-order valence-electron chi connectivity index (χ1n) is 1.87. The van der Waals surface area contributed by atoms with E-state index in [0.717, 1.165) is 0 Å². The van der Waals surface area contributed by atoms with Crippen LogP contribution in [0.4, 0.5) is 0 Å². The number of rotatable bonds is 0. The molecule has 0 heteroatoms. The van der Waals surface area contributed by atoms with Crippen LogP contribution in [0, 0.1) is 12.3 Å². The van der Waals surface area contributed by atoms with E-state index in [1.54, 1.807) is 6.08 Å². The second kappa shape index (κ2) is 2.53. The summed E-state index contributed by atoms with van der Waals surface area (Å²) in [6, 6.07) is 0. The van der Waals surface area contributed by atoms with E-state index in [1.165, 1.54) is 5.57 Å². The molecule has 0 nitrogen and oxygen atoms in total. The fourth-order valence-electron chi connectivity index (χ4n) is 0.167. The molecule has 0 heterocycles. The normalized spacial score (nSPS) is 6.17. The molecule has 32 valence electrons. The lowest BCUT2D eigenvalue weighted by molar-refractivity contribution is 1.40. The maximum atomic E-state index is 4.90. The maximum absolute atomic E-state index is 4.90. The first-order chi connectivity index (χ1) is 2.77. The lowest BCUT2D eigenvalue weighted by Gasteiger charge is -1.73. The van der Waals surface area contributed by atoms with Crippen LogP contribution in [0.1, 0.15) is 13.8 Å². The van der Waals surface area contributed by atoms with Crippen LogP contribution in [0.15, 0.2) is 11.6 Å². The average molecular weight is 80.1 g/mol. The van der Waals surface area contributed by atoms with Gasteiger partial charge in [-0.05, 0) is 19.9 Å². The van der Waals surface area contributed by atoms with Gasteiger partial charge in [-0.3, -0.25) is 0 Å². The summed E-state index contributed by atoms with van der Waals surface area (Å²) in [6.07, 6.45) is 6.64. The van der Waals surface area contributed by atoms with Crippen LogP contribution in [-0.4, -0.2) is 0 Å². The van der Waals surface area contributed by atoms with E-state index in [0.29, 0.717) is 0 Å². The van der Waals surface area contributed by atoms with E-state index in [-0.39, 0.29) is 0 Å². The minimum Gasteiger partial charge on any atom is -0.115 e. The number of terminal acetylenes is 1. The third-order valence-corrected chi connectivity index (χ3v) is 0.372. The van der Waals surface area contributed by atoms with Gasteiger partial charge in [-0.25, -0.2) is 0 Å². The van der Waals surface area contributed by atoms with Gasteiger partial charge in [0.2, 0.25) is 0 Å². The standard InChI is InChI=1S/C6H8/c1-4-5-6(2)3/h1,5H,2-3H3. The van der Waals surface area contributed by atoms with Gasteiger partial charge in [-0.1, -0.05) is 11.5 Å². The Labute approximate surface area is 38.9 Å². The van der Waals surface area contributed by atoms with E-state index in [2.05, 4.69) is 5.92 Å². The quantitative estimate of drug-likeness (QED) is 0.387. The SMILES string of the molecule is C#CC=C(C)C. The summed E-state index contributed by atoms with van der Waals surface area (Å²) in [5, 5.41) is 0. The van der Waals surface area contributed by atoms with Crippen molar-refractivity contribution in [2.45, 2.75) is 13.8 Å². The molecule has 0 fully saturated rings. The highest BCUT2D eigenvalue weighted by Crippen LogP contribution is 1.82. The lowest BCUT2D eigenvalue weighted by Crippen LogP contribution is -1.55. The molecule has 0 aromatic heterocycles. The van der Waals surface area contributed by atoms with Crippen LogP contribution in [0.2, 0.25) is 0 Å². The first-order valence-corrected chi connectivity index (χ1v) is 1.87. The summed E-state index contributed by atoms with van der Waals surface area (Å²) in [5.74, 6) is 2.41. The zero-order valence-electron chi connectivity index (χ0n) is 4.15. The van der Waals surface area contributed by atoms with Gasteiger partial charge in [-0.15, -0.1) is 6.42 Å². The van der Waals surface area contributed by atoms with Crippen molar-refractivity contribution in [2.75, 3.05) is 0 Å². The lowest BCUT2D eigenvalue weighted by atomic mass is 10.3. The highest BCUT2D eigenvalue weighted by molar-refractivity contribution is 5.13. The summed E-state index contributed by atoms with van der Waals surface area (Å²) >= 11 is 0. The molecular weight excluding hydrogens is 72.1 g/mol. The van der Waals surface area contributed by atoms with Crippen LogP contribution in [-0.2, 0) is 0 Å². The van der Waals surface area contributed by atoms with Crippen LogP contribution in [0.3, 0.4) is 0 Å². The monoisotopic (exact) mass is 80.1 g/mol. The Hall–Kier alpha value is -0.700. The Morgan fingerprint density at radius 3 is 2.17 bits per heavy atom. The second-order valence-electron chi connectivity index (χ2n) is 1.39. The van der Waals surface area contributed by atoms with E-state index in [4.69, 9.17) is 6.42 Å². The van der Waals surface area contributed by atoms with Crippen LogP contribution >= 0.6 is 0 Å². The highest BCUT2D eigenvalue weighted by atomic mass is 13.7. The zero-order chi connectivity index (χ0) is 4.99. The Balaban J connectivity index is 3.51. The number of hydrogen-bond donors (Lipinski definition) is 0. The molecule has 0 aromatic carbocycles. The molecule has 0 saturated heterocycles. The van der Waals surface area contributed by atoms with Crippen LogP contribution in [0.5, 0.6) is 0 Å². The average Bonchev–Trinajstić information content (AvgIpc) is 1.35. The Morgan fingerprint density at radius 2 is 2.17 bits per heavy atom. The first kappa shape index (κ1) is 5.30. The molecule has 0 N–H and O–H groups in total. The predicted octanol–water partition coefficient (Wildman–Crippen LogP) is 1.59. The molecule has 0 atom stereocenters. The molecule has 0 aliphatic rings. The summed E-state index contributed by atoms with van der Waals surface area (Å²) in [5.41, 5.74) is 1.18. The maximum Gasteiger partial charge on any atom is -0.0135 e. The molecular formula is C6H8. The van der Waals surface area contributed by atoms with Crippen LogP contribution in [0.25, 0.3) is 0 Å². The van der Waals surface area contributed by atoms with Crippen molar-refractivity contribution in [1.82, 2.24) is 0 Å². The number of hydrogen-bond acceptors (Lipinski definition) is 0. The molecule has 0 aromatic rings. The summed E-state index contributed by atoms with van der Waals surface area (Å²) in [4.78, 5) is 0. The van der Waals surface area contributed by atoms with Gasteiger partial charge in [0.05, 0.1) is 0 Å². The van der Waals surface area contributed by atoms with Crippen molar-refractivity contribution in [1.29, 1.82) is 0 Å². The van der Waals surface area contributed by atoms with Gasteiger partial charge in [0.15, 0.2) is 0 Å². The molecule has 0 bridgehead atoms. The van der Waals surface area contributed by atoms with Crippen molar-refractivity contribution in [2.24, 2.45) is 0 Å². The third-order valence-electron chi connectivity index (χ3n) is 0.372. The molecule has 6 heavy (non-hydrogen) atoms.